The molecule has 1 rings (SSSR count). The molecule has 0 bridgehead atoms. The van der Waals surface area contributed by atoms with Crippen LogP contribution in [0.1, 0.15) is 61.0 Å². The van der Waals surface area contributed by atoms with Crippen molar-refractivity contribution in [1.82, 2.24) is 5.32 Å². The van der Waals surface area contributed by atoms with Crippen LogP contribution in [0, 0.1) is 17.0 Å². The number of ether oxygens (including phenoxy) is 1. The average molecular weight is 331 g/mol. The van der Waals surface area contributed by atoms with E-state index in [-0.39, 0.29) is 23.6 Å². The van der Waals surface area contributed by atoms with E-state index < -0.39 is 17.7 Å². The second-order valence-corrected chi connectivity index (χ2v) is 5.54. The molecule has 0 spiro atoms. The van der Waals surface area contributed by atoms with Crippen molar-refractivity contribution in [1.29, 1.82) is 0 Å². The third kappa shape index (κ3) is 9.87. The number of amides is 1. The van der Waals surface area contributed by atoms with Crippen LogP contribution in [0.3, 0.4) is 0 Å². The Morgan fingerprint density at radius 3 is 2.13 bits per heavy atom. The van der Waals surface area contributed by atoms with Crippen molar-refractivity contribution >= 4 is 6.09 Å². The largest absolute Gasteiger partial charge is 0.445 e. The molecule has 1 N–H and O–H groups in total. The minimum atomic E-state index is -0.725. The van der Waals surface area contributed by atoms with E-state index in [2.05, 4.69) is 5.32 Å². The Labute approximate surface area is 139 Å². The fraction of sp³-hybridized carbons (Fsp3) is 0.611. The van der Waals surface area contributed by atoms with E-state index >= 15 is 0 Å². The van der Waals surface area contributed by atoms with E-state index in [0.717, 1.165) is 12.1 Å². The summed E-state index contributed by atoms with van der Waals surface area (Å²) in [5.74, 6) is -1.39. The zero-order valence-corrected chi connectivity index (χ0v) is 15.6. The molecule has 134 valence electrons. The van der Waals surface area contributed by atoms with Crippen molar-refractivity contribution in [3.8, 4) is 0 Å². The lowest BCUT2D eigenvalue weighted by Crippen LogP contribution is -2.41. The second-order valence-electron chi connectivity index (χ2n) is 5.54. The molecule has 0 heterocycles. The molecule has 0 saturated carbocycles. The first-order chi connectivity index (χ1) is 10.7. The molecule has 1 amide bonds. The van der Waals surface area contributed by atoms with Crippen molar-refractivity contribution < 1.29 is 18.3 Å². The van der Waals surface area contributed by atoms with E-state index in [0.29, 0.717) is 0 Å². The number of carbonyl (C=O) groups excluding carboxylic acids is 1. The van der Waals surface area contributed by atoms with Gasteiger partial charge >= 0.3 is 6.09 Å². The molecule has 1 aromatic carbocycles. The summed E-state index contributed by atoms with van der Waals surface area (Å²) in [5.41, 5.74) is 0.0418. The van der Waals surface area contributed by atoms with Gasteiger partial charge in [0.15, 0.2) is 0 Å². The summed E-state index contributed by atoms with van der Waals surface area (Å²) < 4.78 is 30.9. The second kappa shape index (κ2) is 11.9. The lowest BCUT2D eigenvalue weighted by molar-refractivity contribution is 0.127. The minimum absolute atomic E-state index is 0.0851. The number of halogens is 2. The van der Waals surface area contributed by atoms with Gasteiger partial charge in [-0.25, -0.2) is 13.6 Å². The van der Waals surface area contributed by atoms with E-state index in [1.807, 2.05) is 55.4 Å². The zero-order chi connectivity index (χ0) is 18.6. The SMILES string of the molecule is CC.CC.CC(NC(=O)OCc1ccc(F)cc1F)C(C)(C)C. The molecule has 5 heteroatoms. The molecule has 0 aromatic heterocycles. The van der Waals surface area contributed by atoms with Crippen LogP contribution < -0.4 is 5.32 Å². The fourth-order valence-corrected chi connectivity index (χ4v) is 1.22. The van der Waals surface area contributed by atoms with E-state index in [9.17, 15) is 13.6 Å². The van der Waals surface area contributed by atoms with Gasteiger partial charge in [-0.05, 0) is 24.5 Å². The number of benzene rings is 1. The summed E-state index contributed by atoms with van der Waals surface area (Å²) in [6.07, 6.45) is -0.619. The maximum Gasteiger partial charge on any atom is 0.407 e. The summed E-state index contributed by atoms with van der Waals surface area (Å²) >= 11 is 0. The van der Waals surface area contributed by atoms with Gasteiger partial charge in [-0.1, -0.05) is 48.5 Å². The van der Waals surface area contributed by atoms with Crippen molar-refractivity contribution in [3.63, 3.8) is 0 Å². The Bertz CT molecular complexity index is 457. The maximum atomic E-state index is 13.3. The number of nitrogens with one attached hydrogen (secondary N) is 1. The van der Waals surface area contributed by atoms with E-state index in [1.54, 1.807) is 0 Å². The van der Waals surface area contributed by atoms with E-state index in [1.165, 1.54) is 6.07 Å². The molecule has 0 aliphatic carbocycles. The highest BCUT2D eigenvalue weighted by Gasteiger charge is 2.22. The van der Waals surface area contributed by atoms with Crippen LogP contribution in [-0.4, -0.2) is 12.1 Å². The summed E-state index contributed by atoms with van der Waals surface area (Å²) in [6, 6.07) is 3.05. The molecule has 0 radical (unpaired) electrons. The van der Waals surface area contributed by atoms with E-state index in [4.69, 9.17) is 4.74 Å². The summed E-state index contributed by atoms with van der Waals surface area (Å²) in [6.45, 7) is 15.6. The average Bonchev–Trinajstić information content (AvgIpc) is 2.49. The van der Waals surface area contributed by atoms with Gasteiger partial charge in [-0.15, -0.1) is 0 Å². The summed E-state index contributed by atoms with van der Waals surface area (Å²) in [5, 5.41) is 2.66. The van der Waals surface area contributed by atoms with Crippen molar-refractivity contribution in [2.45, 2.75) is 68.0 Å². The van der Waals surface area contributed by atoms with Gasteiger partial charge in [0.1, 0.15) is 18.2 Å². The summed E-state index contributed by atoms with van der Waals surface area (Å²) in [7, 11) is 0. The molecule has 23 heavy (non-hydrogen) atoms. The number of carbonyl (C=O) groups is 1. The van der Waals surface area contributed by atoms with Crippen molar-refractivity contribution in [2.75, 3.05) is 0 Å². The molecular weight excluding hydrogens is 300 g/mol. The predicted molar refractivity (Wildman–Crippen MR) is 91.3 cm³/mol. The van der Waals surface area contributed by atoms with Crippen LogP contribution in [0.15, 0.2) is 18.2 Å². The molecule has 0 aliphatic heterocycles. The number of hydrogen-bond acceptors (Lipinski definition) is 2. The first-order valence-corrected chi connectivity index (χ1v) is 8.07. The highest BCUT2D eigenvalue weighted by atomic mass is 19.1. The normalized spacial score (nSPS) is 11.2. The monoisotopic (exact) mass is 331 g/mol. The number of rotatable bonds is 3. The Morgan fingerprint density at radius 2 is 1.70 bits per heavy atom. The lowest BCUT2D eigenvalue weighted by Gasteiger charge is -2.27. The fourth-order valence-electron chi connectivity index (χ4n) is 1.22. The van der Waals surface area contributed by atoms with Crippen LogP contribution in [0.4, 0.5) is 13.6 Å². The summed E-state index contributed by atoms with van der Waals surface area (Å²) in [4.78, 5) is 11.5. The van der Waals surface area contributed by atoms with Gasteiger partial charge < -0.3 is 10.1 Å². The van der Waals surface area contributed by atoms with Crippen LogP contribution in [-0.2, 0) is 11.3 Å². The Morgan fingerprint density at radius 1 is 1.17 bits per heavy atom. The molecule has 1 unspecified atom stereocenters. The van der Waals surface area contributed by atoms with Gasteiger partial charge in [0, 0.05) is 17.7 Å². The number of hydrogen-bond donors (Lipinski definition) is 1. The van der Waals surface area contributed by atoms with Gasteiger partial charge in [-0.3, -0.25) is 0 Å². The van der Waals surface area contributed by atoms with Crippen LogP contribution in [0.25, 0.3) is 0 Å². The highest BCUT2D eigenvalue weighted by Crippen LogP contribution is 2.18. The number of alkyl carbamates (subject to hydrolysis) is 1. The molecule has 1 aromatic rings. The zero-order valence-electron chi connectivity index (χ0n) is 15.6. The Kier molecular flexibility index (Phi) is 12.2. The first kappa shape index (κ1) is 23.6. The molecule has 0 saturated heterocycles. The van der Waals surface area contributed by atoms with Gasteiger partial charge in [0.2, 0.25) is 0 Å². The van der Waals surface area contributed by atoms with Crippen LogP contribution in [0.2, 0.25) is 0 Å². The maximum absolute atomic E-state index is 13.3. The Balaban J connectivity index is 0. The Hall–Kier alpha value is -1.65. The predicted octanol–water partition coefficient (Wildman–Crippen LogP) is 5.68. The quantitative estimate of drug-likeness (QED) is 0.774. The first-order valence-electron chi connectivity index (χ1n) is 8.07. The topological polar surface area (TPSA) is 38.3 Å². The third-order valence-corrected chi connectivity index (χ3v) is 3.01. The van der Waals surface area contributed by atoms with Crippen molar-refractivity contribution in [2.24, 2.45) is 5.41 Å². The molecular formula is C18H31F2NO2. The van der Waals surface area contributed by atoms with Gasteiger partial charge in [0.25, 0.3) is 0 Å². The van der Waals surface area contributed by atoms with Gasteiger partial charge in [0.05, 0.1) is 0 Å². The lowest BCUT2D eigenvalue weighted by atomic mass is 9.88. The molecule has 0 aliphatic rings. The highest BCUT2D eigenvalue weighted by molar-refractivity contribution is 5.67. The smallest absolute Gasteiger partial charge is 0.407 e. The van der Waals surface area contributed by atoms with Gasteiger partial charge in [-0.2, -0.15) is 0 Å². The van der Waals surface area contributed by atoms with Crippen molar-refractivity contribution in [3.05, 3.63) is 35.4 Å². The molecule has 3 nitrogen and oxygen atoms in total. The van der Waals surface area contributed by atoms with Crippen LogP contribution >= 0.6 is 0 Å². The van der Waals surface area contributed by atoms with Crippen LogP contribution in [0.5, 0.6) is 0 Å². The third-order valence-electron chi connectivity index (χ3n) is 3.01. The standard InChI is InChI=1S/C14H19F2NO2.2C2H6/c1-9(14(2,3)4)17-13(18)19-8-10-5-6-11(15)7-12(10)16;2*1-2/h5-7,9H,8H2,1-4H3,(H,17,18);2*1-2H3. The molecule has 1 atom stereocenters. The molecule has 0 fully saturated rings. The minimum Gasteiger partial charge on any atom is -0.445 e.